The summed E-state index contributed by atoms with van der Waals surface area (Å²) in [4.78, 5) is 21.3. The third-order valence-electron chi connectivity index (χ3n) is 2.09. The molecule has 0 atom stereocenters. The number of alkyl halides is 2. The first-order valence-electron chi connectivity index (χ1n) is 4.63. The number of esters is 1. The topological polar surface area (TPSA) is 48.3 Å². The van der Waals surface area contributed by atoms with Crippen LogP contribution in [0, 0.1) is 0 Å². The lowest BCUT2D eigenvalue weighted by molar-refractivity contribution is -0.145. The number of nitrogens with zero attached hydrogens (tertiary/aromatic N) is 1. The molecule has 0 unspecified atom stereocenters. The Morgan fingerprint density at radius 1 is 1.41 bits per heavy atom. The van der Waals surface area contributed by atoms with E-state index in [1.807, 2.05) is 12.1 Å². The minimum absolute atomic E-state index is 0.183. The molecule has 7 heteroatoms. The van der Waals surface area contributed by atoms with Crippen LogP contribution < -0.4 is 4.87 Å². The first kappa shape index (κ1) is 12.4. The van der Waals surface area contributed by atoms with Crippen molar-refractivity contribution in [2.24, 2.45) is 0 Å². The zero-order valence-corrected chi connectivity index (χ0v) is 10.8. The second-order valence-electron chi connectivity index (χ2n) is 3.16. The predicted octanol–water partition coefficient (Wildman–Crippen LogP) is 2.37. The average molecular weight is 292 g/mol. The van der Waals surface area contributed by atoms with Gasteiger partial charge in [0.2, 0.25) is 4.84 Å². The lowest BCUT2D eigenvalue weighted by atomic mass is 10.3. The van der Waals surface area contributed by atoms with Crippen LogP contribution in [0.25, 0.3) is 10.2 Å². The number of ether oxygens (including phenoxy) is 1. The fraction of sp³-hybridized carbons (Fsp3) is 0.200. The van der Waals surface area contributed by atoms with E-state index in [0.717, 1.165) is 21.6 Å². The molecule has 0 saturated heterocycles. The Hall–Kier alpha value is -1.04. The van der Waals surface area contributed by atoms with Gasteiger partial charge in [-0.1, -0.05) is 46.7 Å². The maximum atomic E-state index is 11.6. The summed E-state index contributed by atoms with van der Waals surface area (Å²) < 4.78 is 6.99. The zero-order chi connectivity index (χ0) is 12.4. The van der Waals surface area contributed by atoms with Crippen molar-refractivity contribution in [3.05, 3.63) is 33.9 Å². The number of halogens is 2. The van der Waals surface area contributed by atoms with Crippen LogP contribution in [-0.4, -0.2) is 15.4 Å². The van der Waals surface area contributed by atoms with E-state index in [2.05, 4.69) is 0 Å². The highest BCUT2D eigenvalue weighted by Gasteiger charge is 2.14. The first-order valence-corrected chi connectivity index (χ1v) is 6.31. The molecule has 0 bridgehead atoms. The molecule has 0 saturated carbocycles. The molecule has 1 aromatic heterocycles. The second kappa shape index (κ2) is 5.08. The summed E-state index contributed by atoms with van der Waals surface area (Å²) >= 11 is 11.8. The van der Waals surface area contributed by atoms with Gasteiger partial charge in [0.15, 0.2) is 6.73 Å². The minimum Gasteiger partial charge on any atom is -0.442 e. The smallest absolute Gasteiger partial charge is 0.341 e. The number of benzene rings is 1. The molecule has 0 aliphatic heterocycles. The van der Waals surface area contributed by atoms with Crippen LogP contribution in [0.15, 0.2) is 29.1 Å². The van der Waals surface area contributed by atoms with Crippen LogP contribution in [0.2, 0.25) is 0 Å². The van der Waals surface area contributed by atoms with Gasteiger partial charge in [0.05, 0.1) is 10.2 Å². The highest BCUT2D eigenvalue weighted by Crippen LogP contribution is 2.16. The summed E-state index contributed by atoms with van der Waals surface area (Å²) in [5.41, 5.74) is 0.719. The maximum absolute atomic E-state index is 11.6. The van der Waals surface area contributed by atoms with Crippen molar-refractivity contribution in [1.29, 1.82) is 0 Å². The van der Waals surface area contributed by atoms with Crippen LogP contribution in [0.5, 0.6) is 0 Å². The molecule has 0 spiro atoms. The van der Waals surface area contributed by atoms with Crippen molar-refractivity contribution < 1.29 is 9.53 Å². The van der Waals surface area contributed by atoms with Gasteiger partial charge >= 0.3 is 10.8 Å². The molecule has 0 N–H and O–H groups in total. The van der Waals surface area contributed by atoms with Crippen LogP contribution in [-0.2, 0) is 16.3 Å². The number of fused-ring (bicyclic) bond motifs is 1. The number of hydrogen-bond donors (Lipinski definition) is 0. The second-order valence-corrected chi connectivity index (χ2v) is 5.25. The van der Waals surface area contributed by atoms with E-state index >= 15 is 0 Å². The number of thiazole rings is 1. The first-order chi connectivity index (χ1) is 8.09. The van der Waals surface area contributed by atoms with Crippen molar-refractivity contribution in [1.82, 2.24) is 4.57 Å². The molecule has 2 rings (SSSR count). The van der Waals surface area contributed by atoms with Crippen molar-refractivity contribution in [2.45, 2.75) is 11.6 Å². The van der Waals surface area contributed by atoms with Gasteiger partial charge in [-0.05, 0) is 12.1 Å². The summed E-state index contributed by atoms with van der Waals surface area (Å²) in [5, 5.41) is 0. The minimum atomic E-state index is -1.24. The van der Waals surface area contributed by atoms with Gasteiger partial charge in [0, 0.05) is 0 Å². The molecule has 2 aromatic rings. The van der Waals surface area contributed by atoms with Gasteiger partial charge in [-0.3, -0.25) is 9.36 Å². The lowest BCUT2D eigenvalue weighted by Gasteiger charge is -2.06. The monoisotopic (exact) mass is 291 g/mol. The normalized spacial score (nSPS) is 11.0. The van der Waals surface area contributed by atoms with Crippen molar-refractivity contribution in [3.63, 3.8) is 0 Å². The van der Waals surface area contributed by atoms with Crippen molar-refractivity contribution in [3.8, 4) is 0 Å². The van der Waals surface area contributed by atoms with Crippen LogP contribution in [0.1, 0.15) is 0 Å². The Bertz CT molecular complexity index is 605. The molecule has 0 amide bonds. The van der Waals surface area contributed by atoms with Gasteiger partial charge in [-0.15, -0.1) is 0 Å². The maximum Gasteiger partial charge on any atom is 0.341 e. The Labute approximate surface area is 110 Å². The van der Waals surface area contributed by atoms with Crippen LogP contribution in [0.3, 0.4) is 0 Å². The molecule has 0 aliphatic carbocycles. The van der Waals surface area contributed by atoms with Gasteiger partial charge in [0.1, 0.15) is 0 Å². The third-order valence-corrected chi connectivity index (χ3v) is 3.40. The highest BCUT2D eigenvalue weighted by molar-refractivity contribution is 7.16. The number of aromatic nitrogens is 1. The van der Waals surface area contributed by atoms with Crippen LogP contribution in [0.4, 0.5) is 0 Å². The molecule has 0 aliphatic rings. The SMILES string of the molecule is O=C(OCn1c(=O)sc2ccccc21)C(Cl)Cl. The fourth-order valence-electron chi connectivity index (χ4n) is 1.33. The third kappa shape index (κ3) is 2.62. The van der Waals surface area contributed by atoms with E-state index in [9.17, 15) is 9.59 Å². The summed E-state index contributed by atoms with van der Waals surface area (Å²) in [6, 6.07) is 7.24. The summed E-state index contributed by atoms with van der Waals surface area (Å²) in [5.74, 6) is -0.768. The van der Waals surface area contributed by atoms with Crippen molar-refractivity contribution in [2.75, 3.05) is 0 Å². The largest absolute Gasteiger partial charge is 0.442 e. The van der Waals surface area contributed by atoms with E-state index in [1.54, 1.807) is 12.1 Å². The molecule has 1 aromatic carbocycles. The van der Waals surface area contributed by atoms with Gasteiger partial charge in [-0.2, -0.15) is 0 Å². The fourth-order valence-corrected chi connectivity index (χ4v) is 2.33. The quantitative estimate of drug-likeness (QED) is 0.644. The Morgan fingerprint density at radius 3 is 2.82 bits per heavy atom. The Balaban J connectivity index is 2.27. The molecule has 17 heavy (non-hydrogen) atoms. The van der Waals surface area contributed by atoms with E-state index in [4.69, 9.17) is 27.9 Å². The summed E-state index contributed by atoms with van der Waals surface area (Å²) in [6.45, 7) is -0.183. The molecular weight excluding hydrogens is 285 g/mol. The summed E-state index contributed by atoms with van der Waals surface area (Å²) in [6.07, 6.45) is 0. The lowest BCUT2D eigenvalue weighted by Crippen LogP contribution is -2.20. The number of hydrogen-bond acceptors (Lipinski definition) is 4. The van der Waals surface area contributed by atoms with Gasteiger partial charge in [0.25, 0.3) is 0 Å². The average Bonchev–Trinajstić information content (AvgIpc) is 2.61. The highest BCUT2D eigenvalue weighted by atomic mass is 35.5. The molecule has 0 radical (unpaired) electrons. The molecule has 4 nitrogen and oxygen atoms in total. The molecule has 0 fully saturated rings. The molecular formula is C10H7Cl2NO3S. The Morgan fingerprint density at radius 2 is 2.12 bits per heavy atom. The van der Waals surface area contributed by atoms with E-state index in [-0.39, 0.29) is 11.6 Å². The van der Waals surface area contributed by atoms with E-state index < -0.39 is 10.8 Å². The van der Waals surface area contributed by atoms with Gasteiger partial charge < -0.3 is 4.74 Å². The van der Waals surface area contributed by atoms with E-state index in [0.29, 0.717) is 0 Å². The number of para-hydroxylation sites is 1. The standard InChI is InChI=1S/C10H7Cl2NO3S/c11-8(12)9(14)16-5-13-6-3-1-2-4-7(6)17-10(13)15/h1-4,8H,5H2. The summed E-state index contributed by atoms with van der Waals surface area (Å²) in [7, 11) is 0. The van der Waals surface area contributed by atoms with E-state index in [1.165, 1.54) is 4.57 Å². The van der Waals surface area contributed by atoms with Crippen LogP contribution >= 0.6 is 34.5 Å². The van der Waals surface area contributed by atoms with Gasteiger partial charge in [-0.25, -0.2) is 4.79 Å². The Kier molecular flexibility index (Phi) is 3.71. The van der Waals surface area contributed by atoms with Crippen molar-refractivity contribution >= 4 is 50.7 Å². The molecule has 90 valence electrons. The number of rotatable bonds is 3. The number of carbonyl (C=O) groups is 1. The predicted molar refractivity (Wildman–Crippen MR) is 67.7 cm³/mol. The number of carbonyl (C=O) groups excluding carboxylic acids is 1. The zero-order valence-electron chi connectivity index (χ0n) is 8.43. The molecule has 1 heterocycles.